The van der Waals surface area contributed by atoms with Crippen molar-refractivity contribution in [2.45, 2.75) is 266 Å². The third-order valence-electron chi connectivity index (χ3n) is 28.7. The fraction of sp³-hybridized carbons (Fsp3) is 0.875. The number of ketones is 2. The molecule has 486 valence electrons. The molecule has 14 nitrogen and oxygen atoms in total. The van der Waals surface area contributed by atoms with Crippen LogP contribution in [0, 0.1) is 127 Å². The maximum Gasteiger partial charge on any atom is 0.303 e. The van der Waals surface area contributed by atoms with Crippen molar-refractivity contribution in [3.63, 3.8) is 0 Å². The van der Waals surface area contributed by atoms with Gasteiger partial charge in [-0.3, -0.25) is 24.0 Å². The van der Waals surface area contributed by atoms with Gasteiger partial charge in [0.25, 0.3) is 0 Å². The Balaban J connectivity index is 0.000000168. The molecule has 0 aromatic rings. The minimum atomic E-state index is -1.10. The molecule has 86 heavy (non-hydrogen) atoms. The number of aliphatic carboxylic acids is 3. The number of hydrogen-bond donors (Lipinski definition) is 7. The smallest absolute Gasteiger partial charge is 0.303 e. The number of carbonyl (C=O) groups excluding carboxylic acids is 4. The second kappa shape index (κ2) is 26.5. The van der Waals surface area contributed by atoms with Crippen LogP contribution >= 0.6 is 0 Å². The third-order valence-corrected chi connectivity index (χ3v) is 28.7. The van der Waals surface area contributed by atoms with Crippen LogP contribution in [-0.2, 0) is 33.6 Å². The van der Waals surface area contributed by atoms with E-state index in [0.29, 0.717) is 116 Å². The lowest BCUT2D eigenvalue weighted by atomic mass is 9.49. The van der Waals surface area contributed by atoms with E-state index in [1.165, 1.54) is 0 Å². The molecule has 10 aliphatic rings. The van der Waals surface area contributed by atoms with E-state index >= 15 is 0 Å². The summed E-state index contributed by atoms with van der Waals surface area (Å²) in [6.45, 7) is 24.3. The summed E-state index contributed by atoms with van der Waals surface area (Å²) in [5.74, 6) is 3.42. The van der Waals surface area contributed by atoms with Crippen LogP contribution in [0.1, 0.15) is 242 Å². The van der Waals surface area contributed by atoms with E-state index in [2.05, 4.69) is 75.0 Å². The van der Waals surface area contributed by atoms with E-state index in [4.69, 9.17) is 15.3 Å². The van der Waals surface area contributed by atoms with E-state index in [-0.39, 0.29) is 82.1 Å². The topological polar surface area (TPSA) is 261 Å². The number of carbonyl (C=O) groups is 7. The molecule has 7 N–H and O–H groups in total. The van der Waals surface area contributed by atoms with Gasteiger partial charge in [0, 0.05) is 67.1 Å². The molecule has 0 radical (unpaired) electrons. The number of fused-ring (bicyclic) bond motifs is 7. The molecule has 10 saturated carbocycles. The number of aliphatic hydroxyl groups excluding tert-OH is 3. The van der Waals surface area contributed by atoms with Crippen molar-refractivity contribution >= 4 is 42.0 Å². The number of hydrogen-bond acceptors (Lipinski definition) is 11. The first-order valence-electron chi connectivity index (χ1n) is 34.3. The lowest BCUT2D eigenvalue weighted by Gasteiger charge is -2.54. The Kier molecular flexibility index (Phi) is 21.1. The average molecular weight is 1200 g/mol. The normalized spacial score (nSPS) is 46.9. The summed E-state index contributed by atoms with van der Waals surface area (Å²) in [6.07, 6.45) is 24.2. The number of Topliss-reactive ketones (excluding diaryl/α,β-unsaturated/α-hetero) is 2. The molecule has 14 heteroatoms. The number of carboxylic acid groups (broad SMARTS) is 3. The monoisotopic (exact) mass is 1200 g/mol. The van der Waals surface area contributed by atoms with E-state index in [1.807, 2.05) is 0 Å². The minimum Gasteiger partial charge on any atom is -0.481 e. The Hall–Kier alpha value is -3.33. The van der Waals surface area contributed by atoms with Crippen molar-refractivity contribution in [1.82, 2.24) is 0 Å². The largest absolute Gasteiger partial charge is 0.481 e. The number of aliphatic hydroxyl groups is 4. The Morgan fingerprint density at radius 1 is 0.523 bits per heavy atom. The molecule has 0 spiro atoms. The highest BCUT2D eigenvalue weighted by atomic mass is 16.4. The highest BCUT2D eigenvalue weighted by molar-refractivity contribution is 5.86. The molecular weight excluding hydrogens is 1090 g/mol. The number of carboxylic acids is 3. The fourth-order valence-corrected chi connectivity index (χ4v) is 23.8. The van der Waals surface area contributed by atoms with E-state index < -0.39 is 53.2 Å². The molecule has 0 aromatic carbocycles. The van der Waals surface area contributed by atoms with Gasteiger partial charge in [-0.2, -0.15) is 0 Å². The highest BCUT2D eigenvalue weighted by Crippen LogP contribution is 2.73. The maximum absolute atomic E-state index is 13.0. The molecule has 0 aliphatic heterocycles. The molecule has 0 saturated heterocycles. The molecule has 10 rings (SSSR count). The van der Waals surface area contributed by atoms with Crippen LogP contribution in [0.15, 0.2) is 12.7 Å². The summed E-state index contributed by atoms with van der Waals surface area (Å²) in [5, 5.41) is 69.2. The van der Waals surface area contributed by atoms with Gasteiger partial charge in [-0.05, 0) is 240 Å². The molecular formula is C72H114O14. The quantitative estimate of drug-likeness (QED) is 0.0497. The van der Waals surface area contributed by atoms with Crippen LogP contribution in [-0.4, -0.2) is 102 Å². The Bertz CT molecular complexity index is 2480. The van der Waals surface area contributed by atoms with Gasteiger partial charge < -0.3 is 45.3 Å². The molecule has 0 bridgehead atoms. The van der Waals surface area contributed by atoms with E-state index in [0.717, 1.165) is 122 Å². The van der Waals surface area contributed by atoms with Crippen LogP contribution in [0.3, 0.4) is 0 Å². The van der Waals surface area contributed by atoms with E-state index in [1.54, 1.807) is 0 Å². The molecule has 10 aliphatic carbocycles. The van der Waals surface area contributed by atoms with E-state index in [9.17, 15) is 54.0 Å². The predicted molar refractivity (Wildman–Crippen MR) is 329 cm³/mol. The summed E-state index contributed by atoms with van der Waals surface area (Å²) in [5.41, 5.74) is -1.72. The van der Waals surface area contributed by atoms with Crippen LogP contribution < -0.4 is 0 Å². The molecule has 10 fully saturated rings. The second-order valence-electron chi connectivity index (χ2n) is 32.4. The van der Waals surface area contributed by atoms with Crippen molar-refractivity contribution < 1.29 is 69.3 Å². The lowest BCUT2D eigenvalue weighted by Crippen LogP contribution is -2.54. The van der Waals surface area contributed by atoms with Crippen molar-refractivity contribution in [2.24, 2.45) is 127 Å². The van der Waals surface area contributed by atoms with Crippen LogP contribution in [0.2, 0.25) is 0 Å². The first-order chi connectivity index (χ1) is 40.3. The number of aldehydes is 2. The molecule has 0 aromatic heterocycles. The summed E-state index contributed by atoms with van der Waals surface area (Å²) in [4.78, 5) is 83.0. The SMILES string of the molecule is C=CC1C([C@@]2(C)CC[C@H](O)CC2=O)CC[C@@]2(C)C1CC[C@@H]2[C@H](C)CCC(=O)O.C[C@H](CCC(=O)O)[C@H]1CCC2C(CC=O)C([C@@]3(C)CC[C@H](O)CC3=O)CC[C@@]21C.C[C@H](CCC(=O)O)[C@H]1CCC2C3C(CC[C@@]21C)[C@@]1(C)CC[C@H](O)C[C@@]1(O)[C@@H]3C=O. The van der Waals surface area contributed by atoms with Gasteiger partial charge in [-0.1, -0.05) is 68.4 Å². The lowest BCUT2D eigenvalue weighted by molar-refractivity contribution is -0.156. The van der Waals surface area contributed by atoms with Gasteiger partial charge in [0.15, 0.2) is 0 Å². The zero-order chi connectivity index (χ0) is 63.3. The molecule has 9 unspecified atom stereocenters. The second-order valence-corrected chi connectivity index (χ2v) is 32.4. The van der Waals surface area contributed by atoms with Gasteiger partial charge in [0.2, 0.25) is 0 Å². The molecule has 0 amide bonds. The van der Waals surface area contributed by atoms with Crippen molar-refractivity contribution in [3.05, 3.63) is 12.7 Å². The van der Waals surface area contributed by atoms with Gasteiger partial charge in [-0.15, -0.1) is 6.58 Å². The highest BCUT2D eigenvalue weighted by Gasteiger charge is 2.72. The molecule has 26 atom stereocenters. The van der Waals surface area contributed by atoms with Crippen molar-refractivity contribution in [1.29, 1.82) is 0 Å². The number of rotatable bonds is 18. The predicted octanol–water partition coefficient (Wildman–Crippen LogP) is 12.8. The van der Waals surface area contributed by atoms with Gasteiger partial charge in [0.05, 0.1) is 23.9 Å². The van der Waals surface area contributed by atoms with Crippen LogP contribution in [0.25, 0.3) is 0 Å². The maximum atomic E-state index is 13.0. The van der Waals surface area contributed by atoms with Crippen molar-refractivity contribution in [3.8, 4) is 0 Å². The van der Waals surface area contributed by atoms with Crippen LogP contribution in [0.4, 0.5) is 0 Å². The summed E-state index contributed by atoms with van der Waals surface area (Å²) in [6, 6.07) is 0. The third kappa shape index (κ3) is 12.3. The fourth-order valence-electron chi connectivity index (χ4n) is 23.8. The van der Waals surface area contributed by atoms with Gasteiger partial charge in [0.1, 0.15) is 24.1 Å². The number of allylic oxidation sites excluding steroid dienone is 1. The summed E-state index contributed by atoms with van der Waals surface area (Å²) >= 11 is 0. The average Bonchev–Trinajstić information content (AvgIpc) is 1.63. The first-order valence-corrected chi connectivity index (χ1v) is 34.3. The zero-order valence-corrected chi connectivity index (χ0v) is 54.2. The Labute approximate surface area is 515 Å². The van der Waals surface area contributed by atoms with Crippen molar-refractivity contribution in [2.75, 3.05) is 0 Å². The van der Waals surface area contributed by atoms with Crippen LogP contribution in [0.5, 0.6) is 0 Å². The first kappa shape index (κ1) is 68.6. The minimum absolute atomic E-state index is 0.110. The standard InChI is InChI=1S/2C24H38O5.C24H38O4/c1-14(4-7-20(27)28)16-5-6-17-21-18(9-10-22(16,17)2)23(3)11-8-15(26)12-24(23,29)19(21)13-25;1-15(4-7-22(28)29)18-5-6-19-17(10-13-25)20(9-12-23(18,19)2)24(3)11-8-16(26)14-21(24)27;1-5-17-19-8-7-18(15(2)6-9-22(27)28)23(19,3)13-11-20(17)24(4)12-10-16(25)14-21(24)26/h13-19,21,26,29H,4-12H2,1-3H3,(H,27,28);13,15-20,26H,4-12,14H2,1-3H3,(H,28,29);5,15-20,25H,1,6-14H2,2-4H3,(H,27,28)/t14-,15+,16-,17?,18?,19-,21?,22-,23-,24-;2*15-,16+,17?,18-,19?,20?,23-,24-/m111/s1. The Morgan fingerprint density at radius 3 is 1.37 bits per heavy atom. The zero-order valence-electron chi connectivity index (χ0n) is 54.2. The summed E-state index contributed by atoms with van der Waals surface area (Å²) in [7, 11) is 0. The van der Waals surface area contributed by atoms with Gasteiger partial charge >= 0.3 is 17.9 Å². The Morgan fingerprint density at radius 2 is 0.930 bits per heavy atom. The molecule has 0 heterocycles. The summed E-state index contributed by atoms with van der Waals surface area (Å²) < 4.78 is 0. The van der Waals surface area contributed by atoms with Gasteiger partial charge in [-0.25, -0.2) is 0 Å².